The van der Waals surface area contributed by atoms with Crippen LogP contribution in [0.2, 0.25) is 5.02 Å². The van der Waals surface area contributed by atoms with Gasteiger partial charge in [0, 0.05) is 16.7 Å². The van der Waals surface area contributed by atoms with Gasteiger partial charge >= 0.3 is 5.97 Å². The summed E-state index contributed by atoms with van der Waals surface area (Å²) in [4.78, 5) is 13.2. The number of benzene rings is 5. The van der Waals surface area contributed by atoms with Gasteiger partial charge in [0.15, 0.2) is 12.0 Å². The van der Waals surface area contributed by atoms with Crippen molar-refractivity contribution in [2.45, 2.75) is 6.23 Å². The molecule has 0 heterocycles. The van der Waals surface area contributed by atoms with Crippen LogP contribution in [0.3, 0.4) is 0 Å². The number of aliphatic hydroxyl groups is 1. The van der Waals surface area contributed by atoms with Gasteiger partial charge in [-0.1, -0.05) is 60.1 Å². The van der Waals surface area contributed by atoms with E-state index in [-0.39, 0.29) is 22.6 Å². The summed E-state index contributed by atoms with van der Waals surface area (Å²) in [7, 11) is 1.49. The molecule has 0 bridgehead atoms. The molecule has 0 aliphatic rings. The number of hydrogen-bond acceptors (Lipinski definition) is 6. The number of nitrogens with one attached hydrogen (secondary N) is 1. The lowest BCUT2D eigenvalue weighted by atomic mass is 10.0. The number of phenolic OH excluding ortho intramolecular Hbond substituents is 1. The van der Waals surface area contributed by atoms with Gasteiger partial charge in [-0.15, -0.1) is 0 Å². The Labute approximate surface area is 212 Å². The number of esters is 1. The average Bonchev–Trinajstić information content (AvgIpc) is 2.88. The van der Waals surface area contributed by atoms with Crippen LogP contribution in [0.1, 0.15) is 22.1 Å². The molecule has 1 unspecified atom stereocenters. The molecule has 0 amide bonds. The van der Waals surface area contributed by atoms with E-state index in [1.54, 1.807) is 36.4 Å². The van der Waals surface area contributed by atoms with Crippen LogP contribution in [0.25, 0.3) is 21.5 Å². The first-order valence-corrected chi connectivity index (χ1v) is 11.6. The molecular formula is C29H22ClNO5. The molecule has 0 radical (unpaired) electrons. The number of methoxy groups -OCH3 is 1. The number of rotatable bonds is 6. The quantitative estimate of drug-likeness (QED) is 0.137. The third-order valence-corrected chi connectivity index (χ3v) is 6.15. The third-order valence-electron chi connectivity index (χ3n) is 5.92. The minimum absolute atomic E-state index is 0.0675. The van der Waals surface area contributed by atoms with Crippen LogP contribution < -0.4 is 14.8 Å². The maximum absolute atomic E-state index is 13.2. The summed E-state index contributed by atoms with van der Waals surface area (Å²) in [6.45, 7) is 0. The van der Waals surface area contributed by atoms with Crippen LogP contribution in [0.4, 0.5) is 5.69 Å². The first-order chi connectivity index (χ1) is 17.4. The van der Waals surface area contributed by atoms with E-state index in [1.165, 1.54) is 13.2 Å². The molecule has 1 atom stereocenters. The van der Waals surface area contributed by atoms with Crippen LogP contribution in [0.5, 0.6) is 17.2 Å². The fourth-order valence-corrected chi connectivity index (χ4v) is 4.25. The lowest BCUT2D eigenvalue weighted by Gasteiger charge is -2.19. The molecule has 0 fully saturated rings. The second-order valence-electron chi connectivity index (χ2n) is 8.23. The first-order valence-electron chi connectivity index (χ1n) is 11.2. The normalized spacial score (nSPS) is 11.9. The van der Waals surface area contributed by atoms with E-state index < -0.39 is 12.2 Å². The number of halogens is 1. The fourth-order valence-electron chi connectivity index (χ4n) is 4.09. The number of anilines is 1. The van der Waals surface area contributed by atoms with Gasteiger partial charge in [-0.25, -0.2) is 4.79 Å². The Hall–Kier alpha value is -4.26. The zero-order chi connectivity index (χ0) is 25.2. The van der Waals surface area contributed by atoms with Crippen molar-refractivity contribution in [1.82, 2.24) is 0 Å². The van der Waals surface area contributed by atoms with Crippen molar-refractivity contribution in [3.8, 4) is 17.2 Å². The summed E-state index contributed by atoms with van der Waals surface area (Å²) in [5.41, 5.74) is 0.833. The van der Waals surface area contributed by atoms with Crippen LogP contribution in [0.15, 0.2) is 91.0 Å². The van der Waals surface area contributed by atoms with Gasteiger partial charge < -0.3 is 25.0 Å². The van der Waals surface area contributed by atoms with E-state index in [1.807, 2.05) is 48.5 Å². The van der Waals surface area contributed by atoms with Gasteiger partial charge in [0.25, 0.3) is 0 Å². The van der Waals surface area contributed by atoms with Gasteiger partial charge in [-0.3, -0.25) is 0 Å². The van der Waals surface area contributed by atoms with E-state index >= 15 is 0 Å². The van der Waals surface area contributed by atoms with E-state index in [9.17, 15) is 15.0 Å². The van der Waals surface area contributed by atoms with Crippen molar-refractivity contribution in [2.24, 2.45) is 0 Å². The monoisotopic (exact) mass is 499 g/mol. The van der Waals surface area contributed by atoms with Crippen molar-refractivity contribution in [2.75, 3.05) is 12.4 Å². The van der Waals surface area contributed by atoms with Crippen LogP contribution in [-0.2, 0) is 0 Å². The van der Waals surface area contributed by atoms with Gasteiger partial charge in [0.1, 0.15) is 17.1 Å². The van der Waals surface area contributed by atoms with Crippen molar-refractivity contribution < 1.29 is 24.5 Å². The molecule has 0 aromatic heterocycles. The Morgan fingerprint density at radius 2 is 1.44 bits per heavy atom. The Bertz CT molecular complexity index is 1600. The molecule has 5 aromatic carbocycles. The van der Waals surface area contributed by atoms with E-state index in [0.29, 0.717) is 16.5 Å². The molecule has 180 valence electrons. The van der Waals surface area contributed by atoms with Crippen LogP contribution in [0, 0.1) is 0 Å². The first kappa shape index (κ1) is 23.5. The minimum Gasteiger partial charge on any atom is -0.507 e. The third kappa shape index (κ3) is 4.64. The Balaban J connectivity index is 1.45. The summed E-state index contributed by atoms with van der Waals surface area (Å²) < 4.78 is 11.1. The molecule has 5 rings (SSSR count). The predicted octanol–water partition coefficient (Wildman–Crippen LogP) is 6.68. The lowest BCUT2D eigenvalue weighted by molar-refractivity contribution is 0.0731. The number of ether oxygens (including phenoxy) is 2. The van der Waals surface area contributed by atoms with Gasteiger partial charge in [-0.2, -0.15) is 0 Å². The molecule has 36 heavy (non-hydrogen) atoms. The summed E-state index contributed by atoms with van der Waals surface area (Å²) in [5, 5.41) is 28.1. The summed E-state index contributed by atoms with van der Waals surface area (Å²) in [5.74, 6) is -0.230. The minimum atomic E-state index is -1.29. The maximum Gasteiger partial charge on any atom is 0.347 e. The molecular weight excluding hydrogens is 478 g/mol. The molecule has 6 nitrogen and oxygen atoms in total. The molecule has 5 aromatic rings. The number of aromatic hydroxyl groups is 1. The van der Waals surface area contributed by atoms with E-state index in [4.69, 9.17) is 21.1 Å². The molecule has 0 spiro atoms. The van der Waals surface area contributed by atoms with Gasteiger partial charge in [0.05, 0.1) is 12.8 Å². The highest BCUT2D eigenvalue weighted by Crippen LogP contribution is 2.35. The Morgan fingerprint density at radius 1 is 0.833 bits per heavy atom. The Morgan fingerprint density at radius 3 is 2.11 bits per heavy atom. The molecule has 7 heteroatoms. The zero-order valence-corrected chi connectivity index (χ0v) is 20.0. The highest BCUT2D eigenvalue weighted by atomic mass is 35.5. The highest BCUT2D eigenvalue weighted by Gasteiger charge is 2.20. The molecule has 0 aliphatic heterocycles. The second kappa shape index (κ2) is 9.77. The Kier molecular flexibility index (Phi) is 6.38. The summed E-state index contributed by atoms with van der Waals surface area (Å²) in [6.07, 6.45) is -1.29. The van der Waals surface area contributed by atoms with Crippen molar-refractivity contribution >= 4 is 44.8 Å². The second-order valence-corrected chi connectivity index (χ2v) is 8.67. The van der Waals surface area contributed by atoms with Crippen molar-refractivity contribution in [3.05, 3.63) is 107 Å². The van der Waals surface area contributed by atoms with Crippen molar-refractivity contribution in [1.29, 1.82) is 0 Å². The zero-order valence-electron chi connectivity index (χ0n) is 19.2. The average molecular weight is 500 g/mol. The number of aliphatic hydroxyl groups excluding tert-OH is 1. The van der Waals surface area contributed by atoms with Gasteiger partial charge in [0.2, 0.25) is 0 Å². The summed E-state index contributed by atoms with van der Waals surface area (Å²) >= 11 is 6.18. The smallest absolute Gasteiger partial charge is 0.347 e. The van der Waals surface area contributed by atoms with Crippen LogP contribution in [-0.4, -0.2) is 23.3 Å². The SMILES string of the molecule is COc1cc2ccccc2cc1C(=O)Oc1cc(Cl)ccc1NC(O)c1cc2ccccc2cc1O. The molecule has 0 saturated heterocycles. The van der Waals surface area contributed by atoms with Crippen molar-refractivity contribution in [3.63, 3.8) is 0 Å². The predicted molar refractivity (Wildman–Crippen MR) is 141 cm³/mol. The highest BCUT2D eigenvalue weighted by molar-refractivity contribution is 6.30. The molecule has 0 saturated carbocycles. The van der Waals surface area contributed by atoms with E-state index in [2.05, 4.69) is 5.32 Å². The maximum atomic E-state index is 13.2. The summed E-state index contributed by atoms with van der Waals surface area (Å²) in [6, 6.07) is 26.5. The lowest BCUT2D eigenvalue weighted by Crippen LogP contribution is -2.14. The number of carbonyl (C=O) groups excluding carboxylic acids is 1. The van der Waals surface area contributed by atoms with E-state index in [0.717, 1.165) is 21.5 Å². The molecule has 0 aliphatic carbocycles. The number of phenols is 1. The molecule has 3 N–H and O–H groups in total. The number of fused-ring (bicyclic) bond motifs is 2. The van der Waals surface area contributed by atoms with Crippen LogP contribution >= 0.6 is 11.6 Å². The largest absolute Gasteiger partial charge is 0.507 e. The topological polar surface area (TPSA) is 88.0 Å². The fraction of sp³-hybridized carbons (Fsp3) is 0.0690. The number of hydrogen-bond donors (Lipinski definition) is 3. The van der Waals surface area contributed by atoms with Gasteiger partial charge in [-0.05, 0) is 57.9 Å². The standard InChI is InChI=1S/C29H22ClNO5/c1-35-26-15-20-9-5-3-7-18(20)13-23(26)29(34)36-27-16-21(30)10-11-24(27)31-28(33)22-12-17-6-2-4-8-19(17)14-25(22)32/h2-16,28,31-33H,1H3. The number of carbonyl (C=O) groups is 1.